The molecule has 0 saturated carbocycles. The monoisotopic (exact) mass is 211 g/mol. The van der Waals surface area contributed by atoms with Crippen LogP contribution in [0, 0.1) is 5.92 Å². The van der Waals surface area contributed by atoms with Crippen LogP contribution in [0.2, 0.25) is 0 Å². The van der Waals surface area contributed by atoms with Gasteiger partial charge in [0.15, 0.2) is 0 Å². The zero-order valence-corrected chi connectivity index (χ0v) is 8.47. The summed E-state index contributed by atoms with van der Waals surface area (Å²) in [6.07, 6.45) is 3.44. The van der Waals surface area contributed by atoms with Gasteiger partial charge in [-0.2, -0.15) is 0 Å². The molecule has 1 N–H and O–H groups in total. The Kier molecular flexibility index (Phi) is 3.60. The van der Waals surface area contributed by atoms with E-state index in [9.17, 15) is 14.4 Å². The third-order valence-electron chi connectivity index (χ3n) is 2.34. The van der Waals surface area contributed by atoms with E-state index >= 15 is 0 Å². The van der Waals surface area contributed by atoms with Gasteiger partial charge in [0.1, 0.15) is 0 Å². The van der Waals surface area contributed by atoms with E-state index in [2.05, 4.69) is 0 Å². The molecule has 1 unspecified atom stereocenters. The minimum absolute atomic E-state index is 0.294. The van der Waals surface area contributed by atoms with E-state index in [4.69, 9.17) is 5.11 Å². The van der Waals surface area contributed by atoms with Gasteiger partial charge in [0, 0.05) is 18.7 Å². The van der Waals surface area contributed by atoms with Crippen LogP contribution in [0.3, 0.4) is 0 Å². The maximum absolute atomic E-state index is 11.1. The number of rotatable bonds is 5. The van der Waals surface area contributed by atoms with Crippen molar-refractivity contribution >= 4 is 17.8 Å². The molecule has 0 radical (unpaired) electrons. The molecule has 2 amide bonds. The number of carboxylic acids is 1. The second-order valence-electron chi connectivity index (χ2n) is 3.54. The highest BCUT2D eigenvalue weighted by molar-refractivity contribution is 6.12. The van der Waals surface area contributed by atoms with Crippen molar-refractivity contribution in [1.82, 2.24) is 4.90 Å². The molecule has 5 nitrogen and oxygen atoms in total. The number of nitrogens with zero attached hydrogens (tertiary/aromatic N) is 1. The van der Waals surface area contributed by atoms with E-state index in [1.54, 1.807) is 6.92 Å². The Bertz CT molecular complexity index is 303. The van der Waals surface area contributed by atoms with E-state index in [0.717, 1.165) is 4.90 Å². The lowest BCUT2D eigenvalue weighted by molar-refractivity contribution is -0.141. The fraction of sp³-hybridized carbons (Fsp3) is 0.500. The Hall–Kier alpha value is -1.65. The molecule has 0 aliphatic carbocycles. The highest BCUT2D eigenvalue weighted by Gasteiger charge is 2.23. The third kappa shape index (κ3) is 2.90. The lowest BCUT2D eigenvalue weighted by Crippen LogP contribution is -2.31. The first-order valence-electron chi connectivity index (χ1n) is 4.78. The van der Waals surface area contributed by atoms with Crippen LogP contribution in [0.15, 0.2) is 12.2 Å². The Morgan fingerprint density at radius 3 is 2.40 bits per heavy atom. The van der Waals surface area contributed by atoms with Crippen molar-refractivity contribution in [2.24, 2.45) is 5.92 Å². The largest absolute Gasteiger partial charge is 0.481 e. The first kappa shape index (κ1) is 11.4. The summed E-state index contributed by atoms with van der Waals surface area (Å²) in [6, 6.07) is 0. The average molecular weight is 211 g/mol. The molecule has 0 aromatic rings. The van der Waals surface area contributed by atoms with Crippen LogP contribution in [-0.4, -0.2) is 34.3 Å². The summed E-state index contributed by atoms with van der Waals surface area (Å²) in [4.78, 5) is 33.8. The number of hydrogen-bond donors (Lipinski definition) is 1. The van der Waals surface area contributed by atoms with Gasteiger partial charge in [-0.1, -0.05) is 6.92 Å². The van der Waals surface area contributed by atoms with Crippen molar-refractivity contribution in [2.45, 2.75) is 19.8 Å². The lowest BCUT2D eigenvalue weighted by atomic mass is 10.1. The molecule has 1 heterocycles. The van der Waals surface area contributed by atoms with Crippen LogP contribution in [0.5, 0.6) is 0 Å². The minimum Gasteiger partial charge on any atom is -0.481 e. The second kappa shape index (κ2) is 4.72. The quantitative estimate of drug-likeness (QED) is 0.668. The molecule has 0 aromatic carbocycles. The van der Waals surface area contributed by atoms with E-state index in [1.807, 2.05) is 0 Å². The van der Waals surface area contributed by atoms with Crippen LogP contribution in [0.1, 0.15) is 19.8 Å². The molecule has 1 rings (SSSR count). The molecule has 5 heteroatoms. The van der Waals surface area contributed by atoms with Crippen LogP contribution in [0.25, 0.3) is 0 Å². The van der Waals surface area contributed by atoms with Gasteiger partial charge in [-0.25, -0.2) is 0 Å². The Morgan fingerprint density at radius 2 is 1.93 bits per heavy atom. The van der Waals surface area contributed by atoms with E-state index in [1.165, 1.54) is 12.2 Å². The van der Waals surface area contributed by atoms with Gasteiger partial charge < -0.3 is 5.11 Å². The van der Waals surface area contributed by atoms with Gasteiger partial charge in [-0.3, -0.25) is 19.3 Å². The zero-order chi connectivity index (χ0) is 11.4. The number of imide groups is 1. The predicted molar refractivity (Wildman–Crippen MR) is 51.9 cm³/mol. The normalized spacial score (nSPS) is 17.3. The number of aliphatic carboxylic acids is 1. The van der Waals surface area contributed by atoms with Crippen molar-refractivity contribution < 1.29 is 19.5 Å². The molecule has 15 heavy (non-hydrogen) atoms. The summed E-state index contributed by atoms with van der Waals surface area (Å²) in [5.74, 6) is -1.93. The Balaban J connectivity index is 2.29. The van der Waals surface area contributed by atoms with Gasteiger partial charge in [0.25, 0.3) is 11.8 Å². The first-order valence-corrected chi connectivity index (χ1v) is 4.78. The van der Waals surface area contributed by atoms with Crippen LogP contribution >= 0.6 is 0 Å². The summed E-state index contributed by atoms with van der Waals surface area (Å²) in [5, 5.41) is 8.62. The SMILES string of the molecule is CC(CCCN1C(=O)C=CC1=O)C(=O)O. The molecule has 0 aromatic heterocycles. The maximum atomic E-state index is 11.1. The maximum Gasteiger partial charge on any atom is 0.306 e. The second-order valence-corrected chi connectivity index (χ2v) is 3.54. The van der Waals surface area contributed by atoms with E-state index < -0.39 is 11.9 Å². The summed E-state index contributed by atoms with van der Waals surface area (Å²) in [7, 11) is 0. The van der Waals surface area contributed by atoms with Crippen molar-refractivity contribution in [3.63, 3.8) is 0 Å². The molecule has 1 atom stereocenters. The van der Waals surface area contributed by atoms with Crippen molar-refractivity contribution in [2.75, 3.05) is 6.54 Å². The van der Waals surface area contributed by atoms with Gasteiger partial charge in [0.05, 0.1) is 5.92 Å². The van der Waals surface area contributed by atoms with Crippen molar-refractivity contribution in [3.05, 3.63) is 12.2 Å². The first-order chi connectivity index (χ1) is 7.02. The van der Waals surface area contributed by atoms with Gasteiger partial charge in [0.2, 0.25) is 0 Å². The molecule has 82 valence electrons. The molecule has 0 spiro atoms. The fourth-order valence-electron chi connectivity index (χ4n) is 1.33. The zero-order valence-electron chi connectivity index (χ0n) is 8.47. The number of hydrogen-bond acceptors (Lipinski definition) is 3. The van der Waals surface area contributed by atoms with E-state index in [-0.39, 0.29) is 11.8 Å². The third-order valence-corrected chi connectivity index (χ3v) is 2.34. The summed E-state index contributed by atoms with van der Waals surface area (Å²) in [5.41, 5.74) is 0. The summed E-state index contributed by atoms with van der Waals surface area (Å²) < 4.78 is 0. The number of carboxylic acid groups (broad SMARTS) is 1. The van der Waals surface area contributed by atoms with Crippen LogP contribution < -0.4 is 0 Å². The van der Waals surface area contributed by atoms with Crippen molar-refractivity contribution in [3.8, 4) is 0 Å². The summed E-state index contributed by atoms with van der Waals surface area (Å²) in [6.45, 7) is 1.90. The minimum atomic E-state index is -0.854. The topological polar surface area (TPSA) is 74.7 Å². The average Bonchev–Trinajstić information content (AvgIpc) is 2.48. The number of amides is 2. The standard InChI is InChI=1S/C10H13NO4/c1-7(10(14)15)3-2-6-11-8(12)4-5-9(11)13/h4-5,7H,2-3,6H2,1H3,(H,14,15). The molecular weight excluding hydrogens is 198 g/mol. The lowest BCUT2D eigenvalue weighted by Gasteiger charge is -2.14. The van der Waals surface area contributed by atoms with Crippen molar-refractivity contribution in [1.29, 1.82) is 0 Å². The van der Waals surface area contributed by atoms with E-state index in [0.29, 0.717) is 19.4 Å². The molecule has 1 aliphatic rings. The van der Waals surface area contributed by atoms with Crippen LogP contribution in [0.4, 0.5) is 0 Å². The predicted octanol–water partition coefficient (Wildman–Crippen LogP) is 0.412. The Morgan fingerprint density at radius 1 is 1.40 bits per heavy atom. The number of carbonyl (C=O) groups excluding carboxylic acids is 2. The molecule has 0 bridgehead atoms. The molecule has 1 aliphatic heterocycles. The summed E-state index contributed by atoms with van der Waals surface area (Å²) >= 11 is 0. The Labute approximate surface area is 87.4 Å². The van der Waals surface area contributed by atoms with Gasteiger partial charge in [-0.05, 0) is 12.8 Å². The number of carbonyl (C=O) groups is 3. The molecule has 0 saturated heterocycles. The highest BCUT2D eigenvalue weighted by Crippen LogP contribution is 2.09. The molecule has 0 fully saturated rings. The molecular formula is C10H13NO4. The fourth-order valence-corrected chi connectivity index (χ4v) is 1.33. The van der Waals surface area contributed by atoms with Gasteiger partial charge in [-0.15, -0.1) is 0 Å². The van der Waals surface area contributed by atoms with Gasteiger partial charge >= 0.3 is 5.97 Å². The van der Waals surface area contributed by atoms with Crippen LogP contribution in [-0.2, 0) is 14.4 Å². The smallest absolute Gasteiger partial charge is 0.306 e. The highest BCUT2D eigenvalue weighted by atomic mass is 16.4.